The first kappa shape index (κ1) is 16.0. The van der Waals surface area contributed by atoms with Crippen molar-refractivity contribution in [3.05, 3.63) is 34.3 Å². The number of carboxylic acid groups (broad SMARTS) is 1. The standard InChI is InChI=1S/C10H8ClO5.Zn/c11-7-3-1-2-6(8(7)9(13)14)10(15)16-5-4-12;/h1-2,12H,4-5H2,(H,13,14);/q-1;. The molecule has 0 bridgehead atoms. The molecule has 0 aliphatic carbocycles. The Morgan fingerprint density at radius 3 is 2.65 bits per heavy atom. The number of carbonyl (C=O) groups excluding carboxylic acids is 1. The van der Waals surface area contributed by atoms with Crippen LogP contribution in [0.2, 0.25) is 5.02 Å². The second-order valence-corrected chi connectivity index (χ2v) is 3.12. The van der Waals surface area contributed by atoms with E-state index in [1.807, 2.05) is 0 Å². The number of hydrogen-bond donors (Lipinski definition) is 2. The predicted octanol–water partition coefficient (Wildman–Crippen LogP) is 0.985. The van der Waals surface area contributed by atoms with E-state index in [1.165, 1.54) is 12.1 Å². The molecule has 0 radical (unpaired) electrons. The Labute approximate surface area is 115 Å². The van der Waals surface area contributed by atoms with Crippen LogP contribution in [0.15, 0.2) is 12.1 Å². The third kappa shape index (κ3) is 4.08. The normalized spacial score (nSPS) is 9.29. The number of aliphatic hydroxyl groups is 1. The molecular formula is C10H8ClO5Zn-. The molecule has 0 aromatic heterocycles. The van der Waals surface area contributed by atoms with Crippen LogP contribution in [0.25, 0.3) is 0 Å². The molecule has 2 N–H and O–H groups in total. The summed E-state index contributed by atoms with van der Waals surface area (Å²) in [7, 11) is 0. The van der Waals surface area contributed by atoms with E-state index in [2.05, 4.69) is 10.8 Å². The topological polar surface area (TPSA) is 83.8 Å². The van der Waals surface area contributed by atoms with Gasteiger partial charge in [0.1, 0.15) is 6.61 Å². The number of ether oxygens (including phenoxy) is 1. The van der Waals surface area contributed by atoms with Gasteiger partial charge in [0.05, 0.1) is 6.61 Å². The molecule has 0 saturated heterocycles. The van der Waals surface area contributed by atoms with Crippen LogP contribution in [0, 0.1) is 6.07 Å². The summed E-state index contributed by atoms with van der Waals surface area (Å²) in [5.41, 5.74) is -0.517. The van der Waals surface area contributed by atoms with Crippen molar-refractivity contribution in [3.8, 4) is 0 Å². The first-order valence-electron chi connectivity index (χ1n) is 4.29. The van der Waals surface area contributed by atoms with E-state index in [0.717, 1.165) is 0 Å². The summed E-state index contributed by atoms with van der Waals surface area (Å²) < 4.78 is 4.60. The van der Waals surface area contributed by atoms with E-state index in [0.29, 0.717) is 0 Å². The van der Waals surface area contributed by atoms with E-state index >= 15 is 0 Å². The fourth-order valence-corrected chi connectivity index (χ4v) is 1.31. The Bertz CT molecular complexity index is 421. The van der Waals surface area contributed by atoms with Crippen molar-refractivity contribution in [1.82, 2.24) is 0 Å². The number of benzene rings is 1. The summed E-state index contributed by atoms with van der Waals surface area (Å²) in [6.45, 7) is -0.533. The Kier molecular flexibility index (Phi) is 6.96. The molecule has 0 saturated carbocycles. The molecule has 0 aliphatic rings. The third-order valence-electron chi connectivity index (χ3n) is 1.71. The van der Waals surface area contributed by atoms with E-state index in [-0.39, 0.29) is 48.8 Å². The Hall–Kier alpha value is -0.967. The Morgan fingerprint density at radius 1 is 1.47 bits per heavy atom. The van der Waals surface area contributed by atoms with Gasteiger partial charge in [-0.3, -0.25) is 4.79 Å². The number of carbonyl (C=O) groups is 2. The summed E-state index contributed by atoms with van der Waals surface area (Å²) in [6, 6.07) is 5.03. The minimum absolute atomic E-state index is 0. The maximum absolute atomic E-state index is 11.4. The van der Waals surface area contributed by atoms with Gasteiger partial charge >= 0.3 is 5.97 Å². The summed E-state index contributed by atoms with van der Waals surface area (Å²) in [6.07, 6.45) is 0. The third-order valence-corrected chi connectivity index (χ3v) is 2.01. The Balaban J connectivity index is 0.00000256. The zero-order valence-corrected chi connectivity index (χ0v) is 12.5. The van der Waals surface area contributed by atoms with Gasteiger partial charge in [0.25, 0.3) is 5.97 Å². The van der Waals surface area contributed by atoms with Crippen molar-refractivity contribution in [2.45, 2.75) is 0 Å². The molecule has 5 nitrogen and oxygen atoms in total. The van der Waals surface area contributed by atoms with Crippen molar-refractivity contribution in [1.29, 1.82) is 0 Å². The molecule has 1 rings (SSSR count). The molecule has 0 heterocycles. The van der Waals surface area contributed by atoms with Gasteiger partial charge in [0.2, 0.25) is 0 Å². The van der Waals surface area contributed by atoms with E-state index in [9.17, 15) is 9.59 Å². The van der Waals surface area contributed by atoms with Crippen LogP contribution in [0.1, 0.15) is 20.7 Å². The maximum atomic E-state index is 11.4. The van der Waals surface area contributed by atoms with Crippen LogP contribution >= 0.6 is 11.6 Å². The Morgan fingerprint density at radius 2 is 2.12 bits per heavy atom. The van der Waals surface area contributed by atoms with Crippen LogP contribution in [-0.4, -0.2) is 35.4 Å². The first-order valence-corrected chi connectivity index (χ1v) is 4.67. The summed E-state index contributed by atoms with van der Waals surface area (Å²) >= 11 is 5.61. The van der Waals surface area contributed by atoms with Crippen LogP contribution in [0.5, 0.6) is 0 Å². The molecule has 0 atom stereocenters. The van der Waals surface area contributed by atoms with Gasteiger partial charge in [0.15, 0.2) is 0 Å². The SMILES string of the molecule is O=C(OCCO)c1cc[c-]c(Cl)c1C(=O)O.[Zn]. The van der Waals surface area contributed by atoms with Crippen LogP contribution in [0.3, 0.4) is 0 Å². The van der Waals surface area contributed by atoms with Crippen molar-refractivity contribution in [3.63, 3.8) is 0 Å². The molecule has 1 aromatic carbocycles. The van der Waals surface area contributed by atoms with Crippen LogP contribution < -0.4 is 0 Å². The second kappa shape index (κ2) is 7.38. The van der Waals surface area contributed by atoms with Crippen molar-refractivity contribution in [2.75, 3.05) is 13.2 Å². The van der Waals surface area contributed by atoms with E-state index in [4.69, 9.17) is 21.8 Å². The number of aliphatic hydroxyl groups excluding tert-OH is 1. The molecule has 7 heteroatoms. The number of hydrogen-bond acceptors (Lipinski definition) is 4. The average molecular weight is 309 g/mol. The van der Waals surface area contributed by atoms with Gasteiger partial charge < -0.3 is 14.9 Å². The molecule has 17 heavy (non-hydrogen) atoms. The summed E-state index contributed by atoms with van der Waals surface area (Å²) in [4.78, 5) is 22.3. The maximum Gasteiger partial charge on any atom is 0.314 e. The molecule has 0 unspecified atom stereocenters. The van der Waals surface area contributed by atoms with Crippen LogP contribution in [0.4, 0.5) is 0 Å². The largest absolute Gasteiger partial charge is 0.487 e. The predicted molar refractivity (Wildman–Crippen MR) is 54.6 cm³/mol. The van der Waals surface area contributed by atoms with Crippen LogP contribution in [-0.2, 0) is 24.2 Å². The minimum Gasteiger partial charge on any atom is -0.487 e. The fraction of sp³-hybridized carbons (Fsp3) is 0.200. The summed E-state index contributed by atoms with van der Waals surface area (Å²) in [5.74, 6) is -2.18. The first-order chi connectivity index (χ1) is 7.57. The minimum atomic E-state index is -1.34. The number of rotatable bonds is 4. The number of halogens is 1. The molecular weight excluding hydrogens is 301 g/mol. The van der Waals surface area contributed by atoms with Gasteiger partial charge in [-0.2, -0.15) is 18.2 Å². The molecule has 0 spiro atoms. The smallest absolute Gasteiger partial charge is 0.314 e. The van der Waals surface area contributed by atoms with E-state index in [1.54, 1.807) is 0 Å². The van der Waals surface area contributed by atoms with Gasteiger partial charge in [-0.05, 0) is 11.1 Å². The average Bonchev–Trinajstić information content (AvgIpc) is 2.24. The zero-order chi connectivity index (χ0) is 12.1. The summed E-state index contributed by atoms with van der Waals surface area (Å²) in [5, 5.41) is 17.2. The van der Waals surface area contributed by atoms with Gasteiger partial charge in [-0.1, -0.05) is 5.02 Å². The molecule has 0 amide bonds. The molecule has 0 fully saturated rings. The number of aromatic carboxylic acids is 1. The van der Waals surface area contributed by atoms with Crippen molar-refractivity contribution in [2.24, 2.45) is 0 Å². The van der Waals surface area contributed by atoms with Crippen molar-refractivity contribution < 1.29 is 44.0 Å². The fourth-order valence-electron chi connectivity index (χ4n) is 1.07. The quantitative estimate of drug-likeness (QED) is 0.492. The van der Waals surface area contributed by atoms with Gasteiger partial charge in [0, 0.05) is 19.5 Å². The second-order valence-electron chi connectivity index (χ2n) is 2.75. The van der Waals surface area contributed by atoms with E-state index < -0.39 is 11.9 Å². The molecule has 1 aromatic rings. The van der Waals surface area contributed by atoms with Crippen molar-refractivity contribution >= 4 is 23.5 Å². The van der Waals surface area contributed by atoms with Gasteiger partial charge in [-0.25, -0.2) is 4.79 Å². The van der Waals surface area contributed by atoms with Gasteiger partial charge in [-0.15, -0.1) is 11.6 Å². The zero-order valence-electron chi connectivity index (χ0n) is 8.77. The number of esters is 1. The number of carboxylic acids is 1. The monoisotopic (exact) mass is 307 g/mol. The molecule has 88 valence electrons. The molecule has 0 aliphatic heterocycles.